The van der Waals surface area contributed by atoms with Gasteiger partial charge in [0.05, 0.1) is 6.10 Å². The quantitative estimate of drug-likeness (QED) is 0.572. The molecule has 0 aromatic rings. The van der Waals surface area contributed by atoms with E-state index in [0.717, 1.165) is 6.42 Å². The Bertz CT molecular complexity index is 160. The molecule has 0 amide bonds. The molecule has 0 aromatic heterocycles. The number of aliphatic hydroxyl groups excluding tert-OH is 1. The third-order valence-electron chi connectivity index (χ3n) is 3.41. The summed E-state index contributed by atoms with van der Waals surface area (Å²) in [4.78, 5) is 0. The number of hydrogen-bond donors (Lipinski definition) is 2. The van der Waals surface area contributed by atoms with E-state index in [1.165, 1.54) is 25.7 Å². The van der Waals surface area contributed by atoms with Crippen molar-refractivity contribution in [2.24, 2.45) is 5.92 Å². The largest absolute Gasteiger partial charge is 0.393 e. The summed E-state index contributed by atoms with van der Waals surface area (Å²) in [7, 11) is 0. The van der Waals surface area contributed by atoms with Crippen molar-refractivity contribution in [3.63, 3.8) is 0 Å². The Hall–Kier alpha value is -0.0800. The highest BCUT2D eigenvalue weighted by Gasteiger charge is 2.35. The van der Waals surface area contributed by atoms with Crippen LogP contribution in [0.1, 0.15) is 39.0 Å². The van der Waals surface area contributed by atoms with E-state index in [4.69, 9.17) is 0 Å². The van der Waals surface area contributed by atoms with Crippen molar-refractivity contribution in [3.8, 4) is 0 Å². The van der Waals surface area contributed by atoms with Gasteiger partial charge in [0.25, 0.3) is 0 Å². The minimum atomic E-state index is -0.0356. The first-order chi connectivity index (χ1) is 5.77. The minimum Gasteiger partial charge on any atom is -0.393 e. The van der Waals surface area contributed by atoms with E-state index in [1.54, 1.807) is 0 Å². The van der Waals surface area contributed by atoms with E-state index >= 15 is 0 Å². The maximum absolute atomic E-state index is 9.83. The van der Waals surface area contributed by atoms with Crippen LogP contribution in [-0.2, 0) is 0 Å². The van der Waals surface area contributed by atoms with Crippen LogP contribution in [0.25, 0.3) is 0 Å². The first kappa shape index (κ1) is 8.52. The van der Waals surface area contributed by atoms with Crippen molar-refractivity contribution in [1.29, 1.82) is 0 Å². The molecule has 0 aromatic carbocycles. The zero-order valence-corrected chi connectivity index (χ0v) is 7.79. The summed E-state index contributed by atoms with van der Waals surface area (Å²) in [5.74, 6) is 0.551. The van der Waals surface area contributed by atoms with E-state index < -0.39 is 0 Å². The summed E-state index contributed by atoms with van der Waals surface area (Å²) in [6, 6.07) is 1.12. The summed E-state index contributed by atoms with van der Waals surface area (Å²) < 4.78 is 0. The summed E-state index contributed by atoms with van der Waals surface area (Å²) in [5.41, 5.74) is 0. The lowest BCUT2D eigenvalue weighted by Gasteiger charge is -2.42. The molecule has 0 radical (unpaired) electrons. The molecule has 0 bridgehead atoms. The maximum Gasteiger partial charge on any atom is 0.0598 e. The molecule has 1 aliphatic heterocycles. The van der Waals surface area contributed by atoms with Crippen molar-refractivity contribution < 1.29 is 5.11 Å². The Morgan fingerprint density at radius 3 is 2.83 bits per heavy atom. The van der Waals surface area contributed by atoms with Gasteiger partial charge in [-0.3, -0.25) is 0 Å². The lowest BCUT2D eigenvalue weighted by atomic mass is 9.76. The van der Waals surface area contributed by atoms with Gasteiger partial charge >= 0.3 is 0 Å². The second-order valence-corrected chi connectivity index (χ2v) is 4.43. The number of fused-ring (bicyclic) bond motifs is 1. The van der Waals surface area contributed by atoms with Crippen LogP contribution in [0.3, 0.4) is 0 Å². The topological polar surface area (TPSA) is 32.3 Å². The fourth-order valence-corrected chi connectivity index (χ4v) is 2.80. The van der Waals surface area contributed by atoms with E-state index in [9.17, 15) is 5.11 Å². The van der Waals surface area contributed by atoms with Crippen molar-refractivity contribution in [2.45, 2.75) is 57.2 Å². The number of nitrogens with one attached hydrogen (secondary N) is 1. The number of aliphatic hydroxyl groups is 1. The molecule has 12 heavy (non-hydrogen) atoms. The molecule has 4 atom stereocenters. The van der Waals surface area contributed by atoms with Gasteiger partial charge in [0.1, 0.15) is 0 Å². The first-order valence-electron chi connectivity index (χ1n) is 5.21. The van der Waals surface area contributed by atoms with E-state index in [2.05, 4.69) is 12.2 Å². The molecule has 2 fully saturated rings. The Kier molecular flexibility index (Phi) is 2.37. The molecule has 1 heterocycles. The Morgan fingerprint density at radius 1 is 1.25 bits per heavy atom. The molecule has 1 aliphatic carbocycles. The predicted molar refractivity (Wildman–Crippen MR) is 49.0 cm³/mol. The van der Waals surface area contributed by atoms with Gasteiger partial charge in [-0.05, 0) is 26.2 Å². The van der Waals surface area contributed by atoms with Crippen LogP contribution in [0.15, 0.2) is 0 Å². The molecule has 0 spiro atoms. The maximum atomic E-state index is 9.83. The fraction of sp³-hybridized carbons (Fsp3) is 1.00. The van der Waals surface area contributed by atoms with Gasteiger partial charge in [-0.15, -0.1) is 0 Å². The van der Waals surface area contributed by atoms with Gasteiger partial charge in [-0.25, -0.2) is 0 Å². The Morgan fingerprint density at radius 2 is 2.00 bits per heavy atom. The van der Waals surface area contributed by atoms with Crippen molar-refractivity contribution in [2.75, 3.05) is 0 Å². The SMILES string of the molecule is C[C@H]1CC(O)[C@H]2CCCC[C@@H]2N1. The minimum absolute atomic E-state index is 0.0356. The third-order valence-corrected chi connectivity index (χ3v) is 3.41. The lowest BCUT2D eigenvalue weighted by Crippen LogP contribution is -2.53. The van der Waals surface area contributed by atoms with Crippen LogP contribution in [-0.4, -0.2) is 23.3 Å². The van der Waals surface area contributed by atoms with Crippen LogP contribution in [0, 0.1) is 5.92 Å². The molecule has 2 nitrogen and oxygen atoms in total. The van der Waals surface area contributed by atoms with Gasteiger partial charge in [-0.1, -0.05) is 12.8 Å². The fourth-order valence-electron chi connectivity index (χ4n) is 2.80. The Labute approximate surface area is 74.4 Å². The predicted octanol–water partition coefficient (Wildman–Crippen LogP) is 1.29. The van der Waals surface area contributed by atoms with E-state index in [0.29, 0.717) is 18.0 Å². The summed E-state index contributed by atoms with van der Waals surface area (Å²) >= 11 is 0. The highest BCUT2D eigenvalue weighted by atomic mass is 16.3. The smallest absolute Gasteiger partial charge is 0.0598 e. The molecule has 2 rings (SSSR count). The standard InChI is InChI=1S/C10H19NO/c1-7-6-10(12)8-4-2-3-5-9(8)11-7/h7-12H,2-6H2,1H3/t7-,8-,9-,10?/m0/s1. The summed E-state index contributed by atoms with van der Waals surface area (Å²) in [6.07, 6.45) is 6.06. The molecule has 2 aliphatic rings. The van der Waals surface area contributed by atoms with Gasteiger partial charge in [-0.2, -0.15) is 0 Å². The van der Waals surface area contributed by atoms with Gasteiger partial charge < -0.3 is 10.4 Å². The normalized spacial score (nSPS) is 48.5. The highest BCUT2D eigenvalue weighted by molar-refractivity contribution is 4.92. The highest BCUT2D eigenvalue weighted by Crippen LogP contribution is 2.32. The Balaban J connectivity index is 2.01. The molecule has 70 valence electrons. The van der Waals surface area contributed by atoms with E-state index in [-0.39, 0.29) is 6.10 Å². The van der Waals surface area contributed by atoms with E-state index in [1.807, 2.05) is 0 Å². The van der Waals surface area contributed by atoms with Crippen LogP contribution in [0.5, 0.6) is 0 Å². The molecule has 2 N–H and O–H groups in total. The zero-order valence-electron chi connectivity index (χ0n) is 7.79. The zero-order chi connectivity index (χ0) is 8.55. The van der Waals surface area contributed by atoms with Crippen LogP contribution in [0.4, 0.5) is 0 Å². The van der Waals surface area contributed by atoms with Gasteiger partial charge in [0.15, 0.2) is 0 Å². The second-order valence-electron chi connectivity index (χ2n) is 4.43. The number of piperidine rings is 1. The van der Waals surface area contributed by atoms with Gasteiger partial charge in [0.2, 0.25) is 0 Å². The van der Waals surface area contributed by atoms with Crippen molar-refractivity contribution >= 4 is 0 Å². The monoisotopic (exact) mass is 169 g/mol. The molecule has 1 saturated carbocycles. The molecule has 1 unspecified atom stereocenters. The average molecular weight is 169 g/mol. The third kappa shape index (κ3) is 1.50. The number of hydrogen-bond acceptors (Lipinski definition) is 2. The molecule has 2 heteroatoms. The average Bonchev–Trinajstić information content (AvgIpc) is 2.04. The molecular formula is C10H19NO. The first-order valence-corrected chi connectivity index (χ1v) is 5.21. The number of rotatable bonds is 0. The van der Waals surface area contributed by atoms with Crippen LogP contribution >= 0.6 is 0 Å². The van der Waals surface area contributed by atoms with Crippen LogP contribution < -0.4 is 5.32 Å². The molecule has 1 saturated heterocycles. The summed E-state index contributed by atoms with van der Waals surface area (Å²) in [5, 5.41) is 13.4. The lowest BCUT2D eigenvalue weighted by molar-refractivity contribution is 0.0163. The van der Waals surface area contributed by atoms with Crippen molar-refractivity contribution in [1.82, 2.24) is 5.32 Å². The molecular weight excluding hydrogens is 150 g/mol. The van der Waals surface area contributed by atoms with Gasteiger partial charge in [0, 0.05) is 18.0 Å². The van der Waals surface area contributed by atoms with Crippen molar-refractivity contribution in [3.05, 3.63) is 0 Å². The summed E-state index contributed by atoms with van der Waals surface area (Å²) in [6.45, 7) is 2.17. The van der Waals surface area contributed by atoms with Crippen LogP contribution in [0.2, 0.25) is 0 Å². The second kappa shape index (κ2) is 3.35.